The van der Waals surface area contributed by atoms with Crippen LogP contribution in [0.4, 0.5) is 5.69 Å². The molecule has 1 N–H and O–H groups in total. The summed E-state index contributed by atoms with van der Waals surface area (Å²) in [6.45, 7) is 14.1. The fraction of sp³-hybridized carbons (Fsp3) is 0.552. The summed E-state index contributed by atoms with van der Waals surface area (Å²) in [5.41, 5.74) is -0.713. The Morgan fingerprint density at radius 2 is 1.95 bits per heavy atom. The van der Waals surface area contributed by atoms with Gasteiger partial charge in [0.2, 0.25) is 11.8 Å². The van der Waals surface area contributed by atoms with Crippen molar-refractivity contribution in [1.82, 2.24) is 9.80 Å². The molecular weight excluding hydrogens is 506 g/mol. The number of carbonyl (C=O) groups excluding carboxylic acids is 3. The van der Waals surface area contributed by atoms with Gasteiger partial charge in [0, 0.05) is 26.2 Å². The van der Waals surface area contributed by atoms with E-state index in [0.29, 0.717) is 36.6 Å². The first-order valence-electron chi connectivity index (χ1n) is 13.3. The molecular formula is C29H38ClN3O5. The van der Waals surface area contributed by atoms with Gasteiger partial charge in [-0.05, 0) is 44.7 Å². The topological polar surface area (TPSA) is 90.4 Å². The molecule has 1 aromatic rings. The number of likely N-dealkylation sites (tertiary alicyclic amines) is 1. The number of aliphatic hydroxyl groups is 1. The number of benzene rings is 1. The maximum Gasteiger partial charge on any atom is 0.253 e. The molecule has 0 aromatic heterocycles. The van der Waals surface area contributed by atoms with E-state index >= 15 is 0 Å². The van der Waals surface area contributed by atoms with Crippen molar-refractivity contribution in [3.63, 3.8) is 0 Å². The smallest absolute Gasteiger partial charge is 0.253 e. The zero-order chi connectivity index (χ0) is 27.8. The lowest BCUT2D eigenvalue weighted by Crippen LogP contribution is -2.57. The summed E-state index contributed by atoms with van der Waals surface area (Å²) < 4.78 is 6.69. The number of aliphatic hydroxyl groups excluding tert-OH is 1. The van der Waals surface area contributed by atoms with Crippen molar-refractivity contribution < 1.29 is 24.2 Å². The second kappa shape index (κ2) is 10.8. The lowest BCUT2D eigenvalue weighted by molar-refractivity contribution is -0.149. The zero-order valence-electron chi connectivity index (χ0n) is 22.5. The van der Waals surface area contributed by atoms with Crippen LogP contribution in [0.1, 0.15) is 38.7 Å². The van der Waals surface area contributed by atoms with Gasteiger partial charge in [-0.1, -0.05) is 42.8 Å². The van der Waals surface area contributed by atoms with Gasteiger partial charge < -0.3 is 24.5 Å². The van der Waals surface area contributed by atoms with Crippen molar-refractivity contribution in [3.8, 4) is 0 Å². The Morgan fingerprint density at radius 3 is 2.55 bits per heavy atom. The zero-order valence-corrected chi connectivity index (χ0v) is 23.2. The first-order valence-corrected chi connectivity index (χ1v) is 13.7. The van der Waals surface area contributed by atoms with E-state index in [1.165, 1.54) is 4.90 Å². The molecule has 0 aliphatic carbocycles. The van der Waals surface area contributed by atoms with E-state index in [1.807, 2.05) is 32.9 Å². The second-order valence-corrected chi connectivity index (χ2v) is 11.1. The molecule has 1 spiro atoms. The average Bonchev–Trinajstić information content (AvgIpc) is 3.43. The number of aryl methyl sites for hydroxylation is 1. The third-order valence-electron chi connectivity index (χ3n) is 8.31. The highest BCUT2D eigenvalue weighted by atomic mass is 35.5. The molecule has 3 amide bonds. The second-order valence-electron chi connectivity index (χ2n) is 10.7. The van der Waals surface area contributed by atoms with Crippen LogP contribution in [0.25, 0.3) is 0 Å². The molecule has 3 aliphatic heterocycles. The fourth-order valence-corrected chi connectivity index (χ4v) is 7.20. The lowest BCUT2D eigenvalue weighted by Gasteiger charge is -2.37. The molecule has 4 rings (SSSR count). The van der Waals surface area contributed by atoms with E-state index in [2.05, 4.69) is 13.2 Å². The summed E-state index contributed by atoms with van der Waals surface area (Å²) in [6, 6.07) is 4.39. The minimum absolute atomic E-state index is 0.0385. The molecule has 3 fully saturated rings. The van der Waals surface area contributed by atoms with Gasteiger partial charge in [-0.25, -0.2) is 0 Å². The van der Waals surface area contributed by atoms with Gasteiger partial charge in [0.05, 0.1) is 34.8 Å². The van der Waals surface area contributed by atoms with Gasteiger partial charge in [0.1, 0.15) is 11.6 Å². The minimum Gasteiger partial charge on any atom is -0.395 e. The van der Waals surface area contributed by atoms with Crippen LogP contribution < -0.4 is 4.90 Å². The summed E-state index contributed by atoms with van der Waals surface area (Å²) in [6.07, 6.45) is 5.06. The van der Waals surface area contributed by atoms with E-state index in [9.17, 15) is 19.5 Å². The van der Waals surface area contributed by atoms with Gasteiger partial charge >= 0.3 is 0 Å². The Kier molecular flexibility index (Phi) is 8.07. The highest BCUT2D eigenvalue weighted by Gasteiger charge is 2.78. The van der Waals surface area contributed by atoms with Crippen LogP contribution >= 0.6 is 11.6 Å². The molecule has 5 atom stereocenters. The number of β-amino-alcohol motifs (C(OH)–C–C–N with tert-alkyl or cyclic N) is 1. The normalized spacial score (nSPS) is 29.3. The molecule has 38 heavy (non-hydrogen) atoms. The molecule has 206 valence electrons. The number of hydrogen-bond acceptors (Lipinski definition) is 5. The lowest BCUT2D eigenvalue weighted by atomic mass is 9.66. The quantitative estimate of drug-likeness (QED) is 0.432. The Morgan fingerprint density at radius 1 is 1.24 bits per heavy atom. The molecule has 8 nitrogen and oxygen atoms in total. The fourth-order valence-electron chi connectivity index (χ4n) is 6.88. The minimum atomic E-state index is -1.18. The van der Waals surface area contributed by atoms with E-state index in [1.54, 1.807) is 28.0 Å². The Bertz CT molecular complexity index is 1120. The molecule has 3 heterocycles. The number of carbonyl (C=O) groups is 3. The van der Waals surface area contributed by atoms with E-state index in [4.69, 9.17) is 16.3 Å². The van der Waals surface area contributed by atoms with E-state index in [-0.39, 0.29) is 37.4 Å². The number of amides is 3. The molecule has 2 unspecified atom stereocenters. The number of halogens is 1. The average molecular weight is 544 g/mol. The molecule has 9 heteroatoms. The first kappa shape index (κ1) is 28.3. The van der Waals surface area contributed by atoms with Crippen LogP contribution in [0.5, 0.6) is 0 Å². The molecule has 2 bridgehead atoms. The number of fused-ring (bicyclic) bond motifs is 1. The van der Waals surface area contributed by atoms with Crippen LogP contribution in [-0.4, -0.2) is 82.7 Å². The van der Waals surface area contributed by atoms with Gasteiger partial charge in [0.25, 0.3) is 5.91 Å². The summed E-state index contributed by atoms with van der Waals surface area (Å²) in [4.78, 5) is 47.1. The molecule has 3 saturated heterocycles. The SMILES string of the molecule is C=CCN(CCC)C(=O)[C@@H]1[C@H]2C(=O)N(CCO)C(C(=O)N(CC=C)c3c(C)cccc3Cl)C23CC[C@@]1(C)O3. The molecule has 0 saturated carbocycles. The van der Waals surface area contributed by atoms with Crippen molar-refractivity contribution in [2.75, 3.05) is 37.7 Å². The highest BCUT2D eigenvalue weighted by molar-refractivity contribution is 6.34. The summed E-state index contributed by atoms with van der Waals surface area (Å²) >= 11 is 6.57. The molecule has 1 aromatic carbocycles. The number of anilines is 1. The molecule has 0 radical (unpaired) electrons. The van der Waals surface area contributed by atoms with Gasteiger partial charge in [-0.3, -0.25) is 14.4 Å². The Balaban J connectivity index is 1.82. The largest absolute Gasteiger partial charge is 0.395 e. The molecule has 3 aliphatic rings. The summed E-state index contributed by atoms with van der Waals surface area (Å²) in [5.74, 6) is -2.40. The van der Waals surface area contributed by atoms with Gasteiger partial charge in [0.15, 0.2) is 0 Å². The Hall–Kier alpha value is -2.68. The van der Waals surface area contributed by atoms with Crippen molar-refractivity contribution in [3.05, 3.63) is 54.1 Å². The standard InChI is InChI=1S/C29H38ClN3O5/c1-6-14-31(15-7-2)25(35)21-22-26(36)33(17-18-34)24(29(22)13-12-28(21,5)38-29)27(37)32(16-8-3)23-19(4)10-9-11-20(23)30/h6,8-11,21-22,24,34H,1,3,7,12-18H2,2,4-5H3/t21-,22-,24?,28+,29?/m0/s1. The van der Waals surface area contributed by atoms with Crippen LogP contribution in [0.15, 0.2) is 43.5 Å². The third-order valence-corrected chi connectivity index (χ3v) is 8.61. The number of nitrogens with zero attached hydrogens (tertiary/aromatic N) is 3. The maximum absolute atomic E-state index is 14.5. The monoisotopic (exact) mass is 543 g/mol. The van der Waals surface area contributed by atoms with Gasteiger partial charge in [-0.2, -0.15) is 0 Å². The number of hydrogen-bond donors (Lipinski definition) is 1. The summed E-state index contributed by atoms with van der Waals surface area (Å²) in [7, 11) is 0. The number of ether oxygens (including phenoxy) is 1. The maximum atomic E-state index is 14.5. The van der Waals surface area contributed by atoms with Crippen LogP contribution in [0.3, 0.4) is 0 Å². The highest BCUT2D eigenvalue weighted by Crippen LogP contribution is 2.63. The van der Waals surface area contributed by atoms with Crippen LogP contribution in [0.2, 0.25) is 5.02 Å². The Labute approximate surface area is 229 Å². The first-order chi connectivity index (χ1) is 18.1. The van der Waals surface area contributed by atoms with Crippen LogP contribution in [-0.2, 0) is 19.1 Å². The third kappa shape index (κ3) is 4.27. The number of rotatable bonds is 11. The van der Waals surface area contributed by atoms with Crippen molar-refractivity contribution in [1.29, 1.82) is 0 Å². The predicted molar refractivity (Wildman–Crippen MR) is 147 cm³/mol. The van der Waals surface area contributed by atoms with E-state index in [0.717, 1.165) is 12.0 Å². The van der Waals surface area contributed by atoms with Crippen molar-refractivity contribution in [2.45, 2.75) is 57.3 Å². The van der Waals surface area contributed by atoms with Crippen molar-refractivity contribution >= 4 is 35.0 Å². The summed E-state index contributed by atoms with van der Waals surface area (Å²) in [5, 5.41) is 10.3. The predicted octanol–water partition coefficient (Wildman–Crippen LogP) is 3.35. The van der Waals surface area contributed by atoms with E-state index < -0.39 is 29.1 Å². The number of para-hydroxylation sites is 1. The van der Waals surface area contributed by atoms with Crippen molar-refractivity contribution in [2.24, 2.45) is 11.8 Å². The van der Waals surface area contributed by atoms with Gasteiger partial charge in [-0.15, -0.1) is 13.2 Å². The van der Waals surface area contributed by atoms with Crippen LogP contribution in [0, 0.1) is 18.8 Å².